The number of ether oxygens (including phenoxy) is 3. The van der Waals surface area contributed by atoms with Crippen LogP contribution < -0.4 is 5.32 Å². The van der Waals surface area contributed by atoms with Crippen molar-refractivity contribution in [3.8, 4) is 6.07 Å². The molecule has 0 saturated carbocycles. The van der Waals surface area contributed by atoms with Crippen LogP contribution in [0, 0.1) is 17.1 Å². The summed E-state index contributed by atoms with van der Waals surface area (Å²) in [6, 6.07) is 9.72. The molecule has 2 fully saturated rings. The van der Waals surface area contributed by atoms with Crippen molar-refractivity contribution >= 4 is 47.7 Å². The maximum Gasteiger partial charge on any atom is 0.335 e. The Kier molecular flexibility index (Phi) is 7.74. The molecule has 2 saturated heterocycles. The highest BCUT2D eigenvalue weighted by Gasteiger charge is 2.56. The Hall–Kier alpha value is -2.20. The SMILES string of the molecule is C[C@H](Nc1c(C#N)c(Cl)nc2c1ccn2[C@@H]1O[C@H](CSCP(=O)(O)O)[C@H]2OC(C)(C)O[C@H]21)c1ccc(F)cc1. The van der Waals surface area contributed by atoms with Crippen LogP contribution in [-0.2, 0) is 18.8 Å². The van der Waals surface area contributed by atoms with Crippen molar-refractivity contribution in [2.45, 2.75) is 57.1 Å². The molecule has 0 amide bonds. The summed E-state index contributed by atoms with van der Waals surface area (Å²) in [6.45, 7) is 5.48. The molecule has 1 aromatic carbocycles. The predicted molar refractivity (Wildman–Crippen MR) is 145 cm³/mol. The molecule has 2 aliphatic heterocycles. The molecule has 0 bridgehead atoms. The van der Waals surface area contributed by atoms with Gasteiger partial charge in [-0.3, -0.25) is 4.57 Å². The minimum Gasteiger partial charge on any atom is -0.377 e. The molecule has 2 aromatic heterocycles. The number of nitriles is 1. The minimum absolute atomic E-state index is 0.00553. The monoisotopic (exact) mass is 596 g/mol. The first-order chi connectivity index (χ1) is 18.4. The zero-order valence-electron chi connectivity index (χ0n) is 21.2. The first-order valence-electron chi connectivity index (χ1n) is 12.1. The Balaban J connectivity index is 1.49. The van der Waals surface area contributed by atoms with Gasteiger partial charge in [0.15, 0.2) is 17.2 Å². The predicted octanol–water partition coefficient (Wildman–Crippen LogP) is 5.16. The van der Waals surface area contributed by atoms with E-state index < -0.39 is 37.9 Å². The van der Waals surface area contributed by atoms with Gasteiger partial charge in [-0.25, -0.2) is 9.37 Å². The molecule has 0 radical (unpaired) electrons. The Morgan fingerprint density at radius 1 is 1.28 bits per heavy atom. The fourth-order valence-electron chi connectivity index (χ4n) is 4.95. The third kappa shape index (κ3) is 5.82. The molecule has 10 nitrogen and oxygen atoms in total. The normalized spacial score (nSPS) is 25.0. The van der Waals surface area contributed by atoms with Crippen LogP contribution in [0.5, 0.6) is 0 Å². The van der Waals surface area contributed by atoms with Crippen molar-refractivity contribution in [2.24, 2.45) is 0 Å². The molecule has 3 aromatic rings. The van der Waals surface area contributed by atoms with Crippen molar-refractivity contribution in [3.05, 3.63) is 58.6 Å². The second kappa shape index (κ2) is 10.7. The summed E-state index contributed by atoms with van der Waals surface area (Å²) in [4.78, 5) is 23.0. The van der Waals surface area contributed by atoms with Gasteiger partial charge in [-0.15, -0.1) is 11.8 Å². The Bertz CT molecular complexity index is 1480. The highest BCUT2D eigenvalue weighted by atomic mass is 35.5. The van der Waals surface area contributed by atoms with Crippen LogP contribution >= 0.6 is 31.0 Å². The molecule has 0 unspecified atom stereocenters. The molecule has 4 heterocycles. The van der Waals surface area contributed by atoms with E-state index in [1.54, 1.807) is 42.8 Å². The van der Waals surface area contributed by atoms with Gasteiger partial charge in [0, 0.05) is 23.4 Å². The lowest BCUT2D eigenvalue weighted by Gasteiger charge is -2.25. The summed E-state index contributed by atoms with van der Waals surface area (Å²) in [6.07, 6.45) is -0.405. The van der Waals surface area contributed by atoms with E-state index in [4.69, 9.17) is 25.8 Å². The van der Waals surface area contributed by atoms with Crippen molar-refractivity contribution in [1.82, 2.24) is 9.55 Å². The smallest absolute Gasteiger partial charge is 0.335 e. The molecule has 0 aliphatic carbocycles. The first kappa shape index (κ1) is 28.3. The molecule has 5 rings (SSSR count). The van der Waals surface area contributed by atoms with E-state index in [0.717, 1.165) is 17.3 Å². The van der Waals surface area contributed by atoms with E-state index in [-0.39, 0.29) is 33.8 Å². The molecule has 14 heteroatoms. The number of anilines is 1. The highest BCUT2D eigenvalue weighted by Crippen LogP contribution is 2.47. The van der Waals surface area contributed by atoms with Crippen LogP contribution in [0.4, 0.5) is 10.1 Å². The maximum atomic E-state index is 13.4. The van der Waals surface area contributed by atoms with Gasteiger partial charge in [-0.2, -0.15) is 5.26 Å². The van der Waals surface area contributed by atoms with Gasteiger partial charge in [0.2, 0.25) is 0 Å². The molecule has 0 spiro atoms. The maximum absolute atomic E-state index is 13.4. The minimum atomic E-state index is -4.17. The third-order valence-electron chi connectivity index (χ3n) is 6.60. The summed E-state index contributed by atoms with van der Waals surface area (Å²) in [5, 5.41) is 13.8. The van der Waals surface area contributed by atoms with Gasteiger partial charge in [0.25, 0.3) is 0 Å². The Morgan fingerprint density at radius 2 is 1.97 bits per heavy atom. The zero-order valence-corrected chi connectivity index (χ0v) is 23.7. The largest absolute Gasteiger partial charge is 0.377 e. The number of benzene rings is 1. The van der Waals surface area contributed by atoms with Crippen LogP contribution in [0.1, 0.15) is 44.2 Å². The van der Waals surface area contributed by atoms with Crippen LogP contribution in [0.25, 0.3) is 11.0 Å². The number of nitrogens with zero attached hydrogens (tertiary/aromatic N) is 3. The Labute approximate surface area is 233 Å². The number of aromatic nitrogens is 2. The Morgan fingerprint density at radius 3 is 2.64 bits per heavy atom. The first-order valence-corrected chi connectivity index (χ1v) is 15.5. The summed E-state index contributed by atoms with van der Waals surface area (Å²) in [7, 11) is -4.17. The molecule has 3 N–H and O–H groups in total. The van der Waals surface area contributed by atoms with Crippen LogP contribution in [0.15, 0.2) is 36.5 Å². The van der Waals surface area contributed by atoms with Gasteiger partial charge in [-0.1, -0.05) is 23.7 Å². The van der Waals surface area contributed by atoms with Gasteiger partial charge in [-0.05, 0) is 44.5 Å². The van der Waals surface area contributed by atoms with Crippen molar-refractivity contribution in [1.29, 1.82) is 5.26 Å². The lowest BCUT2D eigenvalue weighted by molar-refractivity contribution is -0.193. The van der Waals surface area contributed by atoms with E-state index in [1.807, 2.05) is 6.92 Å². The fraction of sp³-hybridized carbons (Fsp3) is 0.440. The second-order valence-corrected chi connectivity index (χ2v) is 13.4. The van der Waals surface area contributed by atoms with E-state index in [0.29, 0.717) is 16.7 Å². The highest BCUT2D eigenvalue weighted by molar-refractivity contribution is 8.04. The standard InChI is InChI=1S/C25H27ClFN4O6PS/c1-13(14-4-6-15(27)7-5-14)29-19-16-8-9-31(23(16)30-22(26)17(19)10-28)24-21-20(36-25(2,3)37-21)18(35-24)11-39-12-38(32,33)34/h4-9,13,18,20-21,24H,11-12H2,1-3H3,(H,29,30)(H2,32,33,34)/t13-,18+,20+,21+,24+/m0/s1. The number of pyridine rings is 1. The molecule has 39 heavy (non-hydrogen) atoms. The summed E-state index contributed by atoms with van der Waals surface area (Å²) in [5.74, 6) is -0.941. The fourth-order valence-corrected chi connectivity index (χ4v) is 7.04. The number of rotatable bonds is 8. The van der Waals surface area contributed by atoms with Gasteiger partial charge in [0.05, 0.1) is 17.3 Å². The lowest BCUT2D eigenvalue weighted by atomic mass is 10.1. The van der Waals surface area contributed by atoms with Crippen molar-refractivity contribution in [2.75, 3.05) is 16.6 Å². The molecule has 208 valence electrons. The van der Waals surface area contributed by atoms with Crippen molar-refractivity contribution < 1.29 is 33.0 Å². The molecule has 5 atom stereocenters. The number of thioether (sulfide) groups is 1. The van der Waals surface area contributed by atoms with Gasteiger partial charge in [0.1, 0.15) is 35.3 Å². The zero-order chi connectivity index (χ0) is 28.1. The van der Waals surface area contributed by atoms with Crippen LogP contribution in [-0.4, -0.2) is 54.7 Å². The summed E-state index contributed by atoms with van der Waals surface area (Å²) < 4.78 is 45.2. The van der Waals surface area contributed by atoms with Crippen LogP contribution in [0.3, 0.4) is 0 Å². The quantitative estimate of drug-likeness (QED) is 0.236. The van der Waals surface area contributed by atoms with E-state index >= 15 is 0 Å². The van der Waals surface area contributed by atoms with Gasteiger partial charge >= 0.3 is 7.60 Å². The number of hydrogen-bond acceptors (Lipinski definition) is 8. The van der Waals surface area contributed by atoms with E-state index in [2.05, 4.69) is 16.4 Å². The average Bonchev–Trinajstić information content (AvgIpc) is 3.49. The second-order valence-electron chi connectivity index (χ2n) is 9.94. The van der Waals surface area contributed by atoms with Crippen LogP contribution in [0.2, 0.25) is 5.15 Å². The number of fused-ring (bicyclic) bond motifs is 2. The van der Waals surface area contributed by atoms with Crippen molar-refractivity contribution in [3.63, 3.8) is 0 Å². The average molecular weight is 597 g/mol. The molecule has 2 aliphatic rings. The van der Waals surface area contributed by atoms with E-state index in [1.165, 1.54) is 12.1 Å². The number of hydrogen-bond donors (Lipinski definition) is 3. The topological polar surface area (TPSA) is 139 Å². The third-order valence-corrected chi connectivity index (χ3v) is 9.51. The molecular weight excluding hydrogens is 570 g/mol. The summed E-state index contributed by atoms with van der Waals surface area (Å²) in [5.41, 5.74) is 1.59. The molecular formula is C25H27ClFN4O6PS. The van der Waals surface area contributed by atoms with Gasteiger partial charge < -0.3 is 33.9 Å². The lowest BCUT2D eigenvalue weighted by Crippen LogP contribution is -2.31. The van der Waals surface area contributed by atoms with E-state index in [9.17, 15) is 24.0 Å². The number of nitrogens with one attached hydrogen (secondary N) is 1. The summed E-state index contributed by atoms with van der Waals surface area (Å²) >= 11 is 7.57. The number of halogens is 2.